The number of carbonyl (C=O) groups is 1. The Morgan fingerprint density at radius 1 is 1.54 bits per heavy atom. The molecule has 1 saturated heterocycles. The van der Waals surface area contributed by atoms with Gasteiger partial charge in [0.05, 0.1) is 27.6 Å². The van der Waals surface area contributed by atoms with E-state index < -0.39 is 45.1 Å². The Balaban J connectivity index is 2.17. The first-order valence-electron chi connectivity index (χ1n) is 6.57. The van der Waals surface area contributed by atoms with Gasteiger partial charge in [0.25, 0.3) is 5.56 Å². The van der Waals surface area contributed by atoms with E-state index in [1.807, 2.05) is 6.07 Å². The van der Waals surface area contributed by atoms with E-state index in [0.717, 1.165) is 24.0 Å². The van der Waals surface area contributed by atoms with E-state index in [0.29, 0.717) is 4.57 Å². The first-order chi connectivity index (χ1) is 11.1. The normalized spacial score (nSPS) is 23.8. The van der Waals surface area contributed by atoms with Gasteiger partial charge in [-0.1, -0.05) is 11.6 Å². The molecular weight excluding hydrogens is 390 g/mol. The Labute approximate surface area is 148 Å². The quantitative estimate of drug-likeness (QED) is 0.791. The van der Waals surface area contributed by atoms with Crippen LogP contribution in [0.4, 0.5) is 18.9 Å². The van der Waals surface area contributed by atoms with Gasteiger partial charge >= 0.3 is 6.18 Å². The van der Waals surface area contributed by atoms with E-state index >= 15 is 0 Å². The van der Waals surface area contributed by atoms with Gasteiger partial charge in [-0.25, -0.2) is 0 Å². The van der Waals surface area contributed by atoms with Crippen LogP contribution in [0.15, 0.2) is 17.1 Å². The van der Waals surface area contributed by atoms with Crippen molar-refractivity contribution in [2.24, 2.45) is 5.92 Å². The van der Waals surface area contributed by atoms with Crippen molar-refractivity contribution in [1.82, 2.24) is 4.57 Å². The van der Waals surface area contributed by atoms with Crippen LogP contribution in [0.3, 0.4) is 0 Å². The molecule has 0 saturated carbocycles. The molecule has 2 rings (SSSR count). The molecule has 3 unspecified atom stereocenters. The van der Waals surface area contributed by atoms with Crippen molar-refractivity contribution >= 4 is 46.6 Å². The van der Waals surface area contributed by atoms with Crippen molar-refractivity contribution in [3.8, 4) is 6.07 Å². The van der Waals surface area contributed by atoms with E-state index in [9.17, 15) is 22.8 Å². The molecule has 1 aromatic rings. The molecule has 0 spiro atoms. The third-order valence-corrected chi connectivity index (χ3v) is 5.40. The zero-order chi connectivity index (χ0) is 18.1. The van der Waals surface area contributed by atoms with Gasteiger partial charge in [-0.3, -0.25) is 9.59 Å². The number of hydrogen-bond donors (Lipinski definition) is 1. The first-order valence-corrected chi connectivity index (χ1v) is 8.33. The van der Waals surface area contributed by atoms with Crippen LogP contribution in [0.25, 0.3) is 0 Å². The van der Waals surface area contributed by atoms with Crippen molar-refractivity contribution in [3.05, 3.63) is 27.6 Å². The predicted octanol–water partition coefficient (Wildman–Crippen LogP) is 3.21. The molecule has 0 aliphatic carbocycles. The number of nitriles is 1. The number of hydrogen-bond acceptors (Lipinski definition) is 4. The maximum Gasteiger partial charge on any atom is 0.406 e. The highest BCUT2D eigenvalue weighted by atomic mass is 35.5. The summed E-state index contributed by atoms with van der Waals surface area (Å²) in [6.45, 7) is -1.52. The summed E-state index contributed by atoms with van der Waals surface area (Å²) in [5.41, 5.74) is -1.05. The summed E-state index contributed by atoms with van der Waals surface area (Å²) < 4.78 is 37.3. The lowest BCUT2D eigenvalue weighted by atomic mass is 10.1. The zero-order valence-electron chi connectivity index (χ0n) is 11.8. The molecule has 1 fully saturated rings. The Kier molecular flexibility index (Phi) is 5.73. The standard InChI is InChI=1S/C13H10Cl2F3N3O2S/c14-8-2-7(4-21(12(8)23)5-13(16,17)18)20-11(22)9-1-6(3-19)10(15)24-9/h2,4,6,9-10H,1,5H2,(H,20,22). The highest BCUT2D eigenvalue weighted by Crippen LogP contribution is 2.40. The molecule has 5 nitrogen and oxygen atoms in total. The molecule has 1 aromatic heterocycles. The number of nitrogens with one attached hydrogen (secondary N) is 1. The summed E-state index contributed by atoms with van der Waals surface area (Å²) >= 11 is 12.7. The van der Waals surface area contributed by atoms with Crippen LogP contribution in [0.2, 0.25) is 5.02 Å². The van der Waals surface area contributed by atoms with Crippen LogP contribution in [0.5, 0.6) is 0 Å². The van der Waals surface area contributed by atoms with Crippen molar-refractivity contribution < 1.29 is 18.0 Å². The second kappa shape index (κ2) is 7.25. The fourth-order valence-electron chi connectivity index (χ4n) is 2.13. The van der Waals surface area contributed by atoms with Crippen LogP contribution in [-0.4, -0.2) is 26.6 Å². The molecular formula is C13H10Cl2F3N3O2S. The van der Waals surface area contributed by atoms with Gasteiger partial charge in [0, 0.05) is 6.20 Å². The lowest BCUT2D eigenvalue weighted by Gasteiger charge is -2.14. The van der Waals surface area contributed by atoms with Gasteiger partial charge in [0.2, 0.25) is 5.91 Å². The maximum absolute atomic E-state index is 12.5. The van der Waals surface area contributed by atoms with Crippen molar-refractivity contribution in [1.29, 1.82) is 5.26 Å². The number of rotatable bonds is 3. The van der Waals surface area contributed by atoms with Gasteiger partial charge in [-0.2, -0.15) is 18.4 Å². The molecule has 0 radical (unpaired) electrons. The monoisotopic (exact) mass is 399 g/mol. The maximum atomic E-state index is 12.5. The average molecular weight is 400 g/mol. The summed E-state index contributed by atoms with van der Waals surface area (Å²) in [6.07, 6.45) is -3.50. The largest absolute Gasteiger partial charge is 0.406 e. The molecule has 130 valence electrons. The molecule has 24 heavy (non-hydrogen) atoms. The van der Waals surface area contributed by atoms with E-state index in [-0.39, 0.29) is 12.1 Å². The molecule has 1 aliphatic heterocycles. The topological polar surface area (TPSA) is 74.9 Å². The Morgan fingerprint density at radius 2 is 2.21 bits per heavy atom. The summed E-state index contributed by atoms with van der Waals surface area (Å²) in [7, 11) is 0. The van der Waals surface area contributed by atoms with Crippen LogP contribution in [0, 0.1) is 17.2 Å². The Morgan fingerprint density at radius 3 is 2.75 bits per heavy atom. The van der Waals surface area contributed by atoms with Gasteiger partial charge < -0.3 is 9.88 Å². The SMILES string of the molecule is N#CC1CC(C(=O)Nc2cc(Cl)c(=O)n(CC(F)(F)F)c2)SC1Cl. The minimum Gasteiger partial charge on any atom is -0.324 e. The number of anilines is 1. The van der Waals surface area contributed by atoms with Gasteiger partial charge in [0.15, 0.2) is 0 Å². The van der Waals surface area contributed by atoms with E-state index in [1.54, 1.807) is 0 Å². The molecule has 11 heteroatoms. The third-order valence-electron chi connectivity index (χ3n) is 3.20. The van der Waals surface area contributed by atoms with Crippen molar-refractivity contribution in [3.63, 3.8) is 0 Å². The third kappa shape index (κ3) is 4.59. The zero-order valence-corrected chi connectivity index (χ0v) is 14.1. The summed E-state index contributed by atoms with van der Waals surface area (Å²) in [4.78, 5) is 23.8. The number of carbonyl (C=O) groups excluding carboxylic acids is 1. The van der Waals surface area contributed by atoms with E-state index in [2.05, 4.69) is 5.32 Å². The lowest BCUT2D eigenvalue weighted by molar-refractivity contribution is -0.141. The Bertz CT molecular complexity index is 747. The second-order valence-corrected chi connectivity index (χ2v) is 7.55. The average Bonchev–Trinajstić information content (AvgIpc) is 2.84. The molecule has 1 amide bonds. The number of aromatic nitrogens is 1. The summed E-state index contributed by atoms with van der Waals surface area (Å²) in [6, 6.07) is 3.07. The number of pyridine rings is 1. The number of amides is 1. The Hall–Kier alpha value is -1.37. The van der Waals surface area contributed by atoms with Crippen LogP contribution in [-0.2, 0) is 11.3 Å². The fraction of sp³-hybridized carbons (Fsp3) is 0.462. The minimum atomic E-state index is -4.61. The van der Waals surface area contributed by atoms with E-state index in [4.69, 9.17) is 28.5 Å². The highest BCUT2D eigenvalue weighted by molar-refractivity contribution is 8.02. The summed E-state index contributed by atoms with van der Waals surface area (Å²) in [5, 5.41) is 10.2. The number of halogens is 5. The van der Waals surface area contributed by atoms with Crippen LogP contribution >= 0.6 is 35.0 Å². The van der Waals surface area contributed by atoms with E-state index in [1.165, 1.54) is 0 Å². The molecule has 1 N–H and O–H groups in total. The molecule has 0 aromatic carbocycles. The first kappa shape index (κ1) is 19.0. The van der Waals surface area contributed by atoms with Gasteiger partial charge in [0.1, 0.15) is 11.6 Å². The smallest absolute Gasteiger partial charge is 0.324 e. The minimum absolute atomic E-state index is 0.0408. The lowest BCUT2D eigenvalue weighted by Crippen LogP contribution is -2.29. The predicted molar refractivity (Wildman–Crippen MR) is 85.1 cm³/mol. The molecule has 1 aliphatic rings. The van der Waals surface area contributed by atoms with Crippen LogP contribution < -0.4 is 10.9 Å². The number of alkyl halides is 4. The highest BCUT2D eigenvalue weighted by Gasteiger charge is 2.38. The number of nitrogens with zero attached hydrogens (tertiary/aromatic N) is 2. The van der Waals surface area contributed by atoms with Crippen molar-refractivity contribution in [2.45, 2.75) is 29.1 Å². The fourth-order valence-corrected chi connectivity index (χ4v) is 4.06. The molecule has 0 bridgehead atoms. The van der Waals surface area contributed by atoms with Crippen molar-refractivity contribution in [2.75, 3.05) is 5.32 Å². The molecule has 2 heterocycles. The van der Waals surface area contributed by atoms with Crippen LogP contribution in [0.1, 0.15) is 6.42 Å². The van der Waals surface area contributed by atoms with Gasteiger partial charge in [-0.05, 0) is 12.5 Å². The number of thioether (sulfide) groups is 1. The molecule has 3 atom stereocenters. The second-order valence-electron chi connectivity index (χ2n) is 5.06. The summed E-state index contributed by atoms with van der Waals surface area (Å²) in [5.74, 6) is -1.01. The van der Waals surface area contributed by atoms with Gasteiger partial charge in [-0.15, -0.1) is 23.4 Å².